The van der Waals surface area contributed by atoms with Crippen LogP contribution in [0, 0.1) is 5.92 Å². The molecule has 0 aliphatic heterocycles. The molecule has 0 saturated carbocycles. The van der Waals surface area contributed by atoms with Crippen molar-refractivity contribution >= 4 is 70.9 Å². The summed E-state index contributed by atoms with van der Waals surface area (Å²) in [4.78, 5) is 157. The van der Waals surface area contributed by atoms with Crippen LogP contribution in [0.3, 0.4) is 0 Å². The van der Waals surface area contributed by atoms with Crippen molar-refractivity contribution in [3.05, 3.63) is 35.9 Å². The van der Waals surface area contributed by atoms with E-state index in [4.69, 9.17) is 17.2 Å². The van der Waals surface area contributed by atoms with Gasteiger partial charge in [0.1, 0.15) is 60.4 Å². The molecule has 0 radical (unpaired) electrons. The van der Waals surface area contributed by atoms with Gasteiger partial charge in [0.25, 0.3) is 0 Å². The van der Waals surface area contributed by atoms with Crippen molar-refractivity contribution in [2.45, 2.75) is 152 Å². The van der Waals surface area contributed by atoms with Crippen LogP contribution < -0.4 is 70.4 Å². The van der Waals surface area contributed by atoms with Crippen molar-refractivity contribution in [1.29, 1.82) is 0 Å². The van der Waals surface area contributed by atoms with Gasteiger partial charge in [0.2, 0.25) is 65.0 Å². The Kier molecular flexibility index (Phi) is 30.2. The molecule has 0 fully saturated rings. The number of carboxylic acids is 1. The average molecular weight is 1110 g/mol. The molecule has 1 rings (SSSR count). The predicted molar refractivity (Wildman–Crippen MR) is 273 cm³/mol. The highest BCUT2D eigenvalue weighted by Gasteiger charge is 2.39. The van der Waals surface area contributed by atoms with Crippen molar-refractivity contribution in [2.24, 2.45) is 23.1 Å². The first-order valence-corrected chi connectivity index (χ1v) is 24.8. The van der Waals surface area contributed by atoms with Gasteiger partial charge in [0.15, 0.2) is 0 Å². The number of unbranched alkanes of at least 4 members (excludes halogenated alkanes) is 1. The van der Waals surface area contributed by atoms with Crippen LogP contribution in [0.2, 0.25) is 0 Å². The highest BCUT2D eigenvalue weighted by Crippen LogP contribution is 2.10. The number of primary amides is 1. The third kappa shape index (κ3) is 23.4. The van der Waals surface area contributed by atoms with E-state index in [-0.39, 0.29) is 19.4 Å². The summed E-state index contributed by atoms with van der Waals surface area (Å²) < 4.78 is 0. The maximum Gasteiger partial charge on any atom is 0.325 e. The van der Waals surface area contributed by atoms with Crippen molar-refractivity contribution in [3.8, 4) is 0 Å². The van der Waals surface area contributed by atoms with Gasteiger partial charge >= 0.3 is 5.97 Å². The number of nitrogens with two attached hydrogens (primary N) is 3. The lowest BCUT2D eigenvalue weighted by molar-refractivity contribution is -0.142. The molecule has 11 amide bonds. The predicted octanol–water partition coefficient (Wildman–Crippen LogP) is -9.07. The van der Waals surface area contributed by atoms with Gasteiger partial charge in [-0.1, -0.05) is 44.2 Å². The Morgan fingerprint density at radius 1 is 0.474 bits per heavy atom. The van der Waals surface area contributed by atoms with Crippen LogP contribution in [0.1, 0.15) is 72.8 Å². The number of carbonyl (C=O) groups is 12. The van der Waals surface area contributed by atoms with Gasteiger partial charge in [0, 0.05) is 6.42 Å². The van der Waals surface area contributed by atoms with Crippen LogP contribution in [0.4, 0.5) is 0 Å². The average Bonchev–Trinajstić information content (AvgIpc) is 3.37. The fraction of sp³-hybridized carbons (Fsp3) is 0.617. The zero-order valence-electron chi connectivity index (χ0n) is 44.1. The molecule has 31 heteroatoms. The van der Waals surface area contributed by atoms with Crippen LogP contribution in [-0.4, -0.2) is 207 Å². The molecule has 1 aromatic rings. The number of aliphatic carboxylic acids is 1. The van der Waals surface area contributed by atoms with Crippen LogP contribution in [0.15, 0.2) is 30.3 Å². The zero-order chi connectivity index (χ0) is 59.6. The minimum Gasteiger partial charge on any atom is -0.480 e. The number of carbonyl (C=O) groups excluding carboxylic acids is 11. The summed E-state index contributed by atoms with van der Waals surface area (Å²) in [6.07, 6.45) is -5.60. The van der Waals surface area contributed by atoms with Gasteiger partial charge in [-0.15, -0.1) is 0 Å². The molecule has 0 unspecified atom stereocenters. The summed E-state index contributed by atoms with van der Waals surface area (Å²) in [6.45, 7) is 4.95. The SMILES string of the molecule is CC(C)[C@H](NC(=O)[C@H](NC(=O)[C@@H](NC(=O)[C@H](CO)NC(=O)[C@@H](NC(=O)[C@H](Cc1ccccc1)NC(=O)[C@H](CC(N)=O)NC(=O)[C@H](CO)NC(=O)CN)[C@@H](C)O)[C@@H](C)O)[C@@H](C)O)C(=O)N[C@@H](CCCCN)C(=O)N[C@@H](C)C(=O)O. The molecule has 438 valence electrons. The smallest absolute Gasteiger partial charge is 0.325 e. The van der Waals surface area contributed by atoms with E-state index < -0.39 is 182 Å². The summed E-state index contributed by atoms with van der Waals surface area (Å²) in [5.74, 6) is -14.3. The van der Waals surface area contributed by atoms with Crippen LogP contribution in [-0.2, 0) is 64.0 Å². The number of benzene rings is 1. The molecule has 0 aromatic heterocycles. The third-order valence-corrected chi connectivity index (χ3v) is 11.5. The molecular weight excluding hydrogens is 1030 g/mol. The zero-order valence-corrected chi connectivity index (χ0v) is 44.1. The van der Waals surface area contributed by atoms with E-state index in [1.165, 1.54) is 20.8 Å². The Balaban J connectivity index is 3.36. The third-order valence-electron chi connectivity index (χ3n) is 11.5. The van der Waals surface area contributed by atoms with Crippen LogP contribution in [0.25, 0.3) is 0 Å². The summed E-state index contributed by atoms with van der Waals surface area (Å²) in [5.41, 5.74) is 16.6. The second-order valence-corrected chi connectivity index (χ2v) is 18.6. The highest BCUT2D eigenvalue weighted by atomic mass is 16.4. The van der Waals surface area contributed by atoms with E-state index in [0.717, 1.165) is 20.8 Å². The van der Waals surface area contributed by atoms with Crippen molar-refractivity contribution in [3.63, 3.8) is 0 Å². The maximum atomic E-state index is 13.9. The Morgan fingerprint density at radius 3 is 1.31 bits per heavy atom. The summed E-state index contributed by atoms with van der Waals surface area (Å²) in [5, 5.41) is 83.5. The molecule has 0 heterocycles. The fourth-order valence-electron chi connectivity index (χ4n) is 7.06. The normalized spacial score (nSPS) is 16.1. The van der Waals surface area contributed by atoms with Crippen molar-refractivity contribution in [2.75, 3.05) is 26.3 Å². The first kappa shape index (κ1) is 68.6. The molecule has 0 aliphatic rings. The van der Waals surface area contributed by atoms with Crippen LogP contribution in [0.5, 0.6) is 0 Å². The Hall–Kier alpha value is -7.42. The minimum atomic E-state index is -1.99. The maximum absolute atomic E-state index is 13.9. The van der Waals surface area contributed by atoms with Gasteiger partial charge in [-0.3, -0.25) is 57.5 Å². The summed E-state index contributed by atoms with van der Waals surface area (Å²) >= 11 is 0. The highest BCUT2D eigenvalue weighted by molar-refractivity contribution is 6.00. The first-order valence-electron chi connectivity index (χ1n) is 24.8. The lowest BCUT2D eigenvalue weighted by Crippen LogP contribution is -2.64. The monoisotopic (exact) mass is 1110 g/mol. The van der Waals surface area contributed by atoms with Gasteiger partial charge < -0.3 is 101 Å². The second-order valence-electron chi connectivity index (χ2n) is 18.6. The number of nitrogens with one attached hydrogen (secondary N) is 10. The Labute approximate surface area is 449 Å². The Bertz CT molecular complexity index is 2220. The summed E-state index contributed by atoms with van der Waals surface area (Å²) in [7, 11) is 0. The molecule has 0 bridgehead atoms. The molecule has 1 aromatic carbocycles. The summed E-state index contributed by atoms with van der Waals surface area (Å²) in [6, 6.07) is -9.02. The lowest BCUT2D eigenvalue weighted by Gasteiger charge is -2.30. The Morgan fingerprint density at radius 2 is 0.859 bits per heavy atom. The molecule has 0 saturated heterocycles. The van der Waals surface area contributed by atoms with E-state index >= 15 is 0 Å². The minimum absolute atomic E-state index is 0.0388. The number of hydrogen-bond acceptors (Lipinski definition) is 19. The number of aliphatic hydroxyl groups is 5. The molecule has 31 nitrogen and oxygen atoms in total. The van der Waals surface area contributed by atoms with E-state index in [1.54, 1.807) is 30.3 Å². The topological polar surface area (TPSA) is 525 Å². The van der Waals surface area contributed by atoms with Gasteiger partial charge in [-0.2, -0.15) is 0 Å². The molecular formula is C47H77N13O18. The number of carboxylic acid groups (broad SMARTS) is 1. The standard InChI is InChI=1S/C47H77N13O18/c1-21(2)34(43(73)53-27(14-10-11-15-48)38(68)51-22(3)47(77)78)57-45(75)37(25(6)65)60-46(76)36(24(5)64)59-42(72)31(20-62)56-44(74)35(23(4)63)58-40(70)28(16-26-12-8-7-9-13-26)54-39(69)29(17-32(50)66)55-41(71)30(19-61)52-33(67)18-49/h7-9,12-13,21-25,27-31,34-37,61-65H,10-11,14-20,48-49H2,1-6H3,(H2,50,66)(H,51,68)(H,52,67)(H,53,73)(H,54,69)(H,55,71)(H,56,74)(H,57,75)(H,58,70)(H,59,72)(H,60,76)(H,77,78)/t22-,23+,24+,25+,27-,28-,29-,30-,31-,34-,35-,36-,37+/m0/s1. The largest absolute Gasteiger partial charge is 0.480 e. The molecule has 22 N–H and O–H groups in total. The van der Waals surface area contributed by atoms with Gasteiger partial charge in [-0.25, -0.2) is 0 Å². The molecule has 78 heavy (non-hydrogen) atoms. The van der Waals surface area contributed by atoms with Gasteiger partial charge in [-0.05, 0) is 65.0 Å². The van der Waals surface area contributed by atoms with Crippen molar-refractivity contribution < 1.29 is 88.2 Å². The number of rotatable bonds is 35. The van der Waals surface area contributed by atoms with Crippen molar-refractivity contribution in [1.82, 2.24) is 53.2 Å². The molecule has 0 spiro atoms. The van der Waals surface area contributed by atoms with Crippen LogP contribution >= 0.6 is 0 Å². The number of hydrogen-bond donors (Lipinski definition) is 19. The van der Waals surface area contributed by atoms with E-state index in [0.29, 0.717) is 18.4 Å². The lowest BCUT2D eigenvalue weighted by atomic mass is 10.0. The second kappa shape index (κ2) is 34.4. The molecule has 13 atom stereocenters. The quantitative estimate of drug-likeness (QED) is 0.0281. The van der Waals surface area contributed by atoms with E-state index in [9.17, 15) is 88.2 Å². The molecule has 0 aliphatic carbocycles. The number of aliphatic hydroxyl groups excluding tert-OH is 5. The van der Waals surface area contributed by atoms with Gasteiger partial charge in [0.05, 0.1) is 44.5 Å². The first-order chi connectivity index (χ1) is 36.5. The van der Waals surface area contributed by atoms with E-state index in [1.807, 2.05) is 0 Å². The number of amides is 11. The van der Waals surface area contributed by atoms with E-state index in [2.05, 4.69) is 53.2 Å². The fourth-order valence-corrected chi connectivity index (χ4v) is 7.06.